The largest absolute Gasteiger partial charge is 0.469 e. The third kappa shape index (κ3) is 1.89. The van der Waals surface area contributed by atoms with Crippen molar-refractivity contribution >= 4 is 17.4 Å². The summed E-state index contributed by atoms with van der Waals surface area (Å²) in [5.74, 6) is 0.565. The Balaban J connectivity index is 2.42. The number of halogens is 1. The summed E-state index contributed by atoms with van der Waals surface area (Å²) < 4.78 is 5.11. The molecule has 0 bridgehead atoms. The minimum absolute atomic E-state index is 0.0619. The lowest BCUT2D eigenvalue weighted by molar-refractivity contribution is 0.103. The van der Waals surface area contributed by atoms with Crippen molar-refractivity contribution in [1.29, 1.82) is 0 Å². The predicted molar refractivity (Wildman–Crippen MR) is 63.1 cm³/mol. The van der Waals surface area contributed by atoms with E-state index in [9.17, 15) is 4.79 Å². The molecule has 2 rings (SSSR count). The molecule has 0 spiro atoms. The van der Waals surface area contributed by atoms with Crippen molar-refractivity contribution in [3.05, 3.63) is 58.0 Å². The molecular weight excluding hydrogens is 224 g/mol. The zero-order valence-corrected chi connectivity index (χ0v) is 9.84. The Morgan fingerprint density at radius 2 is 2.00 bits per heavy atom. The first-order valence-corrected chi connectivity index (χ1v) is 5.32. The van der Waals surface area contributed by atoms with Crippen molar-refractivity contribution in [2.24, 2.45) is 0 Å². The van der Waals surface area contributed by atoms with Crippen LogP contribution < -0.4 is 0 Å². The molecule has 0 aliphatic heterocycles. The number of carbonyl (C=O) groups excluding carboxylic acids is 1. The summed E-state index contributed by atoms with van der Waals surface area (Å²) in [6, 6.07) is 6.97. The van der Waals surface area contributed by atoms with Crippen LogP contribution in [0.25, 0.3) is 0 Å². The molecule has 2 aromatic rings. The molecule has 0 unspecified atom stereocenters. The second kappa shape index (κ2) is 4.14. The van der Waals surface area contributed by atoms with Gasteiger partial charge in [0, 0.05) is 10.6 Å². The third-order valence-corrected chi connectivity index (χ3v) is 2.94. The van der Waals surface area contributed by atoms with Crippen LogP contribution in [-0.4, -0.2) is 5.78 Å². The number of benzene rings is 1. The Bertz CT molecular complexity index is 541. The summed E-state index contributed by atoms with van der Waals surface area (Å²) in [7, 11) is 0. The quantitative estimate of drug-likeness (QED) is 0.741. The van der Waals surface area contributed by atoms with Crippen LogP contribution in [0.5, 0.6) is 0 Å². The van der Waals surface area contributed by atoms with Crippen molar-refractivity contribution in [3.8, 4) is 0 Å². The van der Waals surface area contributed by atoms with Crippen molar-refractivity contribution in [3.63, 3.8) is 0 Å². The highest BCUT2D eigenvalue weighted by molar-refractivity contribution is 6.31. The van der Waals surface area contributed by atoms with Crippen LogP contribution in [0.3, 0.4) is 0 Å². The van der Waals surface area contributed by atoms with Gasteiger partial charge in [0.25, 0.3) is 0 Å². The first kappa shape index (κ1) is 11.0. The Morgan fingerprint density at radius 3 is 2.56 bits per heavy atom. The highest BCUT2D eigenvalue weighted by Gasteiger charge is 2.14. The van der Waals surface area contributed by atoms with Gasteiger partial charge in [-0.05, 0) is 31.5 Å². The summed E-state index contributed by atoms with van der Waals surface area (Å²) in [5, 5.41) is 0.604. The van der Waals surface area contributed by atoms with Crippen LogP contribution in [0.4, 0.5) is 0 Å². The summed E-state index contributed by atoms with van der Waals surface area (Å²) >= 11 is 5.98. The van der Waals surface area contributed by atoms with Gasteiger partial charge in [0.2, 0.25) is 0 Å². The van der Waals surface area contributed by atoms with Gasteiger partial charge in [-0.15, -0.1) is 0 Å². The standard InChI is InChI=1S/C13H11ClO2/c1-8-3-4-10(7-12(8)14)13(15)11-5-6-16-9(11)2/h3-7H,1-2H3. The second-order valence-corrected chi connectivity index (χ2v) is 4.09. The van der Waals surface area contributed by atoms with E-state index in [0.29, 0.717) is 21.9 Å². The normalized spacial score (nSPS) is 10.4. The van der Waals surface area contributed by atoms with E-state index in [4.69, 9.17) is 16.0 Å². The SMILES string of the molecule is Cc1ccc(C(=O)c2ccoc2C)cc1Cl. The number of hydrogen-bond donors (Lipinski definition) is 0. The summed E-state index contributed by atoms with van der Waals surface area (Å²) in [4.78, 5) is 12.1. The molecule has 1 heterocycles. The van der Waals surface area contributed by atoms with Gasteiger partial charge in [-0.25, -0.2) is 0 Å². The summed E-state index contributed by atoms with van der Waals surface area (Å²) in [6.07, 6.45) is 1.51. The Hall–Kier alpha value is -1.54. The molecule has 16 heavy (non-hydrogen) atoms. The summed E-state index contributed by atoms with van der Waals surface area (Å²) in [6.45, 7) is 3.67. The summed E-state index contributed by atoms with van der Waals surface area (Å²) in [5.41, 5.74) is 2.13. The second-order valence-electron chi connectivity index (χ2n) is 3.68. The average Bonchev–Trinajstić information content (AvgIpc) is 2.67. The Morgan fingerprint density at radius 1 is 1.25 bits per heavy atom. The van der Waals surface area contributed by atoms with E-state index in [1.807, 2.05) is 13.0 Å². The van der Waals surface area contributed by atoms with Crippen molar-refractivity contribution < 1.29 is 9.21 Å². The van der Waals surface area contributed by atoms with Crippen LogP contribution in [0.1, 0.15) is 27.2 Å². The molecule has 1 aromatic heterocycles. The van der Waals surface area contributed by atoms with Gasteiger partial charge >= 0.3 is 0 Å². The third-order valence-electron chi connectivity index (χ3n) is 2.54. The van der Waals surface area contributed by atoms with Gasteiger partial charge in [0.15, 0.2) is 5.78 Å². The van der Waals surface area contributed by atoms with Gasteiger partial charge in [0.1, 0.15) is 5.76 Å². The van der Waals surface area contributed by atoms with Gasteiger partial charge in [0.05, 0.1) is 11.8 Å². The zero-order valence-electron chi connectivity index (χ0n) is 9.08. The molecule has 0 N–H and O–H groups in total. The number of furan rings is 1. The van der Waals surface area contributed by atoms with Gasteiger partial charge in [-0.1, -0.05) is 23.7 Å². The van der Waals surface area contributed by atoms with Gasteiger partial charge < -0.3 is 4.42 Å². The monoisotopic (exact) mass is 234 g/mol. The molecule has 2 nitrogen and oxygen atoms in total. The maximum absolute atomic E-state index is 12.1. The first-order chi connectivity index (χ1) is 7.59. The van der Waals surface area contributed by atoms with Crippen LogP contribution in [0.15, 0.2) is 34.9 Å². The van der Waals surface area contributed by atoms with Crippen LogP contribution >= 0.6 is 11.6 Å². The number of ketones is 1. The number of hydrogen-bond acceptors (Lipinski definition) is 2. The smallest absolute Gasteiger partial charge is 0.196 e. The zero-order chi connectivity index (χ0) is 11.7. The first-order valence-electron chi connectivity index (χ1n) is 4.94. The topological polar surface area (TPSA) is 30.2 Å². The lowest BCUT2D eigenvalue weighted by Gasteiger charge is -2.02. The minimum Gasteiger partial charge on any atom is -0.469 e. The van der Waals surface area contributed by atoms with Crippen LogP contribution in [0, 0.1) is 13.8 Å². The van der Waals surface area contributed by atoms with E-state index in [2.05, 4.69) is 0 Å². The van der Waals surface area contributed by atoms with E-state index in [1.54, 1.807) is 25.1 Å². The molecule has 1 aromatic carbocycles. The van der Waals surface area contributed by atoms with E-state index in [-0.39, 0.29) is 5.78 Å². The van der Waals surface area contributed by atoms with E-state index in [0.717, 1.165) is 5.56 Å². The van der Waals surface area contributed by atoms with Crippen molar-refractivity contribution in [2.45, 2.75) is 13.8 Å². The molecule has 0 saturated carbocycles. The Labute approximate surface area is 98.8 Å². The number of aryl methyl sites for hydroxylation is 2. The lowest BCUT2D eigenvalue weighted by Crippen LogP contribution is -2.01. The van der Waals surface area contributed by atoms with Crippen LogP contribution in [-0.2, 0) is 0 Å². The molecule has 0 radical (unpaired) electrons. The molecule has 0 aliphatic carbocycles. The Kier molecular flexibility index (Phi) is 2.84. The minimum atomic E-state index is -0.0619. The van der Waals surface area contributed by atoms with Gasteiger partial charge in [-0.2, -0.15) is 0 Å². The highest BCUT2D eigenvalue weighted by Crippen LogP contribution is 2.20. The molecule has 0 aliphatic rings. The van der Waals surface area contributed by atoms with Crippen LogP contribution in [0.2, 0.25) is 5.02 Å². The molecule has 0 amide bonds. The number of rotatable bonds is 2. The van der Waals surface area contributed by atoms with Gasteiger partial charge in [-0.3, -0.25) is 4.79 Å². The fraction of sp³-hybridized carbons (Fsp3) is 0.154. The molecule has 3 heteroatoms. The molecule has 0 saturated heterocycles. The molecule has 0 fully saturated rings. The molecule has 82 valence electrons. The van der Waals surface area contributed by atoms with E-state index in [1.165, 1.54) is 6.26 Å². The predicted octanol–water partition coefficient (Wildman–Crippen LogP) is 3.78. The van der Waals surface area contributed by atoms with E-state index >= 15 is 0 Å². The molecule has 0 atom stereocenters. The lowest BCUT2D eigenvalue weighted by atomic mass is 10.0. The average molecular weight is 235 g/mol. The molecular formula is C13H11ClO2. The highest BCUT2D eigenvalue weighted by atomic mass is 35.5. The maximum Gasteiger partial charge on any atom is 0.196 e. The fourth-order valence-electron chi connectivity index (χ4n) is 1.51. The van der Waals surface area contributed by atoms with Crippen molar-refractivity contribution in [2.75, 3.05) is 0 Å². The fourth-order valence-corrected chi connectivity index (χ4v) is 1.69. The van der Waals surface area contributed by atoms with Crippen molar-refractivity contribution in [1.82, 2.24) is 0 Å². The van der Waals surface area contributed by atoms with E-state index < -0.39 is 0 Å². The maximum atomic E-state index is 12.1. The number of carbonyl (C=O) groups is 1.